The number of rotatable bonds is 7. The van der Waals surface area contributed by atoms with Crippen molar-refractivity contribution in [3.8, 4) is 0 Å². The van der Waals surface area contributed by atoms with Crippen LogP contribution >= 0.6 is 0 Å². The summed E-state index contributed by atoms with van der Waals surface area (Å²) in [6.07, 6.45) is 1.44. The molecule has 8 nitrogen and oxygen atoms in total. The Morgan fingerprint density at radius 1 is 1.37 bits per heavy atom. The lowest BCUT2D eigenvalue weighted by Crippen LogP contribution is -2.33. The van der Waals surface area contributed by atoms with E-state index in [9.17, 15) is 18.0 Å². The van der Waals surface area contributed by atoms with Crippen LogP contribution in [0.4, 0.5) is 0 Å². The van der Waals surface area contributed by atoms with Crippen molar-refractivity contribution in [3.63, 3.8) is 0 Å². The summed E-state index contributed by atoms with van der Waals surface area (Å²) >= 11 is 0. The average Bonchev–Trinajstić information content (AvgIpc) is 2.27. The van der Waals surface area contributed by atoms with Gasteiger partial charge in [-0.25, -0.2) is 17.9 Å². The minimum absolute atomic E-state index is 0.0821. The standard InChI is InChI=1S/C10H17N3O5S/c1-7(2)18-5-3-4-12-19(16,17)8-6-11-10(15)13-9(8)14/h6-7,12H,3-5H2,1-2H3,(H2,11,13,14,15). The second kappa shape index (κ2) is 6.64. The van der Waals surface area contributed by atoms with Gasteiger partial charge in [0.1, 0.15) is 0 Å². The number of hydrogen-bond donors (Lipinski definition) is 3. The Labute approximate surface area is 110 Å². The van der Waals surface area contributed by atoms with E-state index in [0.717, 1.165) is 6.20 Å². The van der Waals surface area contributed by atoms with Gasteiger partial charge in [0.15, 0.2) is 4.90 Å². The zero-order chi connectivity index (χ0) is 14.5. The summed E-state index contributed by atoms with van der Waals surface area (Å²) in [5, 5.41) is 0. The topological polar surface area (TPSA) is 121 Å². The molecule has 0 aliphatic rings. The van der Waals surface area contributed by atoms with Gasteiger partial charge in [0, 0.05) is 19.3 Å². The average molecular weight is 291 g/mol. The molecule has 1 heterocycles. The van der Waals surface area contributed by atoms with Crippen LogP contribution in [0.3, 0.4) is 0 Å². The SMILES string of the molecule is CC(C)OCCCNS(=O)(=O)c1c[nH]c(=O)[nH]c1=O. The lowest BCUT2D eigenvalue weighted by atomic mass is 10.4. The molecule has 19 heavy (non-hydrogen) atoms. The van der Waals surface area contributed by atoms with Gasteiger partial charge in [-0.1, -0.05) is 0 Å². The Morgan fingerprint density at radius 3 is 2.63 bits per heavy atom. The number of nitrogens with one attached hydrogen (secondary N) is 3. The van der Waals surface area contributed by atoms with Gasteiger partial charge in [-0.15, -0.1) is 0 Å². The third-order valence-corrected chi connectivity index (χ3v) is 3.61. The van der Waals surface area contributed by atoms with Crippen molar-refractivity contribution in [3.05, 3.63) is 27.0 Å². The first-order chi connectivity index (χ1) is 8.83. The third-order valence-electron chi connectivity index (χ3n) is 2.14. The van der Waals surface area contributed by atoms with Gasteiger partial charge < -0.3 is 9.72 Å². The molecule has 108 valence electrons. The van der Waals surface area contributed by atoms with Gasteiger partial charge >= 0.3 is 5.69 Å². The smallest absolute Gasteiger partial charge is 0.325 e. The lowest BCUT2D eigenvalue weighted by molar-refractivity contribution is 0.0778. The predicted molar refractivity (Wildman–Crippen MR) is 68.6 cm³/mol. The maximum Gasteiger partial charge on any atom is 0.325 e. The fourth-order valence-corrected chi connectivity index (χ4v) is 2.35. The summed E-state index contributed by atoms with van der Waals surface area (Å²) in [6, 6.07) is 0. The van der Waals surface area contributed by atoms with Gasteiger partial charge in [0.25, 0.3) is 5.56 Å². The van der Waals surface area contributed by atoms with Crippen molar-refractivity contribution in [1.82, 2.24) is 14.7 Å². The molecule has 0 spiro atoms. The number of sulfonamides is 1. The van der Waals surface area contributed by atoms with Gasteiger partial charge in [-0.3, -0.25) is 9.78 Å². The zero-order valence-electron chi connectivity index (χ0n) is 10.7. The Balaban J connectivity index is 2.61. The van der Waals surface area contributed by atoms with Crippen LogP contribution in [0.15, 0.2) is 20.7 Å². The van der Waals surface area contributed by atoms with E-state index >= 15 is 0 Å². The molecule has 0 saturated heterocycles. The number of hydrogen-bond acceptors (Lipinski definition) is 5. The summed E-state index contributed by atoms with van der Waals surface area (Å²) in [6.45, 7) is 4.32. The molecule has 0 aromatic carbocycles. The van der Waals surface area contributed by atoms with E-state index in [4.69, 9.17) is 4.74 Å². The molecule has 3 N–H and O–H groups in total. The Bertz CT molecular complexity index is 617. The molecule has 0 aliphatic heterocycles. The highest BCUT2D eigenvalue weighted by Gasteiger charge is 2.17. The third kappa shape index (κ3) is 4.97. The minimum atomic E-state index is -3.93. The van der Waals surface area contributed by atoms with E-state index in [0.29, 0.717) is 13.0 Å². The van der Waals surface area contributed by atoms with E-state index in [1.165, 1.54) is 0 Å². The Kier molecular flexibility index (Phi) is 5.45. The van der Waals surface area contributed by atoms with Crippen LogP contribution in [0.2, 0.25) is 0 Å². The molecule has 0 aliphatic carbocycles. The quantitative estimate of drug-likeness (QED) is 0.565. The maximum atomic E-state index is 11.8. The van der Waals surface area contributed by atoms with Crippen molar-refractivity contribution in [2.45, 2.75) is 31.3 Å². The van der Waals surface area contributed by atoms with Crippen LogP contribution in [0.25, 0.3) is 0 Å². The summed E-state index contributed by atoms with van der Waals surface area (Å²) < 4.78 is 31.0. The summed E-state index contributed by atoms with van der Waals surface area (Å²) in [4.78, 5) is 25.6. The van der Waals surface area contributed by atoms with E-state index < -0.39 is 26.2 Å². The number of H-pyrrole nitrogens is 2. The first-order valence-electron chi connectivity index (χ1n) is 5.76. The van der Waals surface area contributed by atoms with Crippen molar-refractivity contribution < 1.29 is 13.2 Å². The molecule has 0 unspecified atom stereocenters. The monoisotopic (exact) mass is 291 g/mol. The summed E-state index contributed by atoms with van der Waals surface area (Å²) in [5.74, 6) is 0. The van der Waals surface area contributed by atoms with Crippen molar-refractivity contribution >= 4 is 10.0 Å². The normalized spacial score (nSPS) is 11.9. The largest absolute Gasteiger partial charge is 0.379 e. The van der Waals surface area contributed by atoms with E-state index in [1.54, 1.807) is 0 Å². The van der Waals surface area contributed by atoms with Gasteiger partial charge in [-0.05, 0) is 20.3 Å². The van der Waals surface area contributed by atoms with Crippen LogP contribution in [-0.4, -0.2) is 37.6 Å². The minimum Gasteiger partial charge on any atom is -0.379 e. The first kappa shape index (κ1) is 15.6. The second-order valence-electron chi connectivity index (χ2n) is 4.11. The van der Waals surface area contributed by atoms with Gasteiger partial charge in [0.2, 0.25) is 10.0 Å². The van der Waals surface area contributed by atoms with Crippen molar-refractivity contribution in [2.75, 3.05) is 13.2 Å². The van der Waals surface area contributed by atoms with Crippen LogP contribution in [-0.2, 0) is 14.8 Å². The van der Waals surface area contributed by atoms with Crippen molar-refractivity contribution in [2.24, 2.45) is 0 Å². The fourth-order valence-electron chi connectivity index (χ4n) is 1.27. The molecule has 1 aromatic heterocycles. The molecule has 0 saturated carbocycles. The molecular formula is C10H17N3O5S. The predicted octanol–water partition coefficient (Wildman–Crippen LogP) is -0.843. The highest BCUT2D eigenvalue weighted by atomic mass is 32.2. The van der Waals surface area contributed by atoms with E-state index in [-0.39, 0.29) is 12.6 Å². The van der Waals surface area contributed by atoms with E-state index in [2.05, 4.69) is 9.71 Å². The number of aromatic nitrogens is 2. The maximum absolute atomic E-state index is 11.8. The number of aromatic amines is 2. The van der Waals surface area contributed by atoms with Crippen LogP contribution in [0.5, 0.6) is 0 Å². The molecule has 0 radical (unpaired) electrons. The molecule has 1 rings (SSSR count). The molecular weight excluding hydrogens is 274 g/mol. The van der Waals surface area contributed by atoms with Crippen molar-refractivity contribution in [1.29, 1.82) is 0 Å². The highest BCUT2D eigenvalue weighted by Crippen LogP contribution is 1.98. The van der Waals surface area contributed by atoms with Gasteiger partial charge in [0.05, 0.1) is 6.10 Å². The van der Waals surface area contributed by atoms with Gasteiger partial charge in [-0.2, -0.15) is 0 Å². The fraction of sp³-hybridized carbons (Fsp3) is 0.600. The Morgan fingerprint density at radius 2 is 2.05 bits per heavy atom. The molecule has 9 heteroatoms. The summed E-state index contributed by atoms with van der Waals surface area (Å²) in [7, 11) is -3.93. The van der Waals surface area contributed by atoms with Crippen LogP contribution in [0, 0.1) is 0 Å². The van der Waals surface area contributed by atoms with Crippen LogP contribution in [0.1, 0.15) is 20.3 Å². The second-order valence-corrected chi connectivity index (χ2v) is 5.84. The zero-order valence-corrected chi connectivity index (χ0v) is 11.5. The highest BCUT2D eigenvalue weighted by molar-refractivity contribution is 7.89. The Hall–Kier alpha value is -1.45. The molecule has 0 fully saturated rings. The summed E-state index contributed by atoms with van der Waals surface area (Å²) in [5.41, 5.74) is -1.70. The lowest BCUT2D eigenvalue weighted by Gasteiger charge is -2.08. The first-order valence-corrected chi connectivity index (χ1v) is 7.24. The molecule has 0 amide bonds. The van der Waals surface area contributed by atoms with Crippen LogP contribution < -0.4 is 16.0 Å². The molecule has 1 aromatic rings. The van der Waals surface area contributed by atoms with E-state index in [1.807, 2.05) is 18.8 Å². The molecule has 0 atom stereocenters. The number of ether oxygens (including phenoxy) is 1. The molecule has 0 bridgehead atoms.